The summed E-state index contributed by atoms with van der Waals surface area (Å²) in [5.74, 6) is -0.0386. The van der Waals surface area contributed by atoms with Crippen LogP contribution in [0.1, 0.15) is 25.7 Å². The van der Waals surface area contributed by atoms with Crippen molar-refractivity contribution in [2.45, 2.75) is 37.8 Å². The first kappa shape index (κ1) is 14.3. The van der Waals surface area contributed by atoms with Gasteiger partial charge >= 0.3 is 0 Å². The maximum atomic E-state index is 12.2. The predicted octanol–water partition coefficient (Wildman–Crippen LogP) is -0.508. The number of piperazine rings is 1. The number of rotatable bonds is 4. The number of hydrogen-bond acceptors (Lipinski definition) is 4. The van der Waals surface area contributed by atoms with Crippen molar-refractivity contribution in [2.24, 2.45) is 0 Å². The fourth-order valence-corrected chi connectivity index (χ4v) is 2.70. The Morgan fingerprint density at radius 2 is 2.32 bits per heavy atom. The fraction of sp³-hybridized carbons (Fsp3) is 0.846. The molecule has 2 amide bonds. The molecule has 0 aromatic rings. The first-order valence-electron chi connectivity index (χ1n) is 7.05. The topological polar surface area (TPSA) is 70.7 Å². The maximum absolute atomic E-state index is 12.2. The minimum Gasteiger partial charge on any atom is -0.378 e. The molecule has 2 fully saturated rings. The molecule has 108 valence electrons. The monoisotopic (exact) mass is 269 g/mol. The molecule has 19 heavy (non-hydrogen) atoms. The Bertz CT molecular complexity index is 329. The van der Waals surface area contributed by atoms with E-state index in [0.29, 0.717) is 19.5 Å². The molecule has 2 heterocycles. The largest absolute Gasteiger partial charge is 0.378 e. The summed E-state index contributed by atoms with van der Waals surface area (Å²) in [7, 11) is 1.60. The quantitative estimate of drug-likeness (QED) is 0.721. The Kier molecular flexibility index (Phi) is 5.15. The van der Waals surface area contributed by atoms with Crippen molar-refractivity contribution in [3.8, 4) is 0 Å². The number of carbonyl (C=O) groups excluding carboxylic acids is 2. The molecule has 0 bridgehead atoms. The van der Waals surface area contributed by atoms with Gasteiger partial charge in [0.1, 0.15) is 6.04 Å². The van der Waals surface area contributed by atoms with Crippen LogP contribution in [0.2, 0.25) is 0 Å². The van der Waals surface area contributed by atoms with Gasteiger partial charge < -0.3 is 20.3 Å². The highest BCUT2D eigenvalue weighted by Crippen LogP contribution is 2.18. The summed E-state index contributed by atoms with van der Waals surface area (Å²) in [5, 5.41) is 5.77. The van der Waals surface area contributed by atoms with E-state index in [2.05, 4.69) is 10.6 Å². The molecule has 0 saturated carbocycles. The summed E-state index contributed by atoms with van der Waals surface area (Å²) in [5.41, 5.74) is 0. The fourth-order valence-electron chi connectivity index (χ4n) is 2.70. The van der Waals surface area contributed by atoms with Gasteiger partial charge in [-0.1, -0.05) is 0 Å². The van der Waals surface area contributed by atoms with Gasteiger partial charge in [-0.25, -0.2) is 0 Å². The second kappa shape index (κ2) is 6.86. The van der Waals surface area contributed by atoms with Gasteiger partial charge in [0.05, 0.1) is 6.10 Å². The van der Waals surface area contributed by atoms with Crippen molar-refractivity contribution in [1.82, 2.24) is 15.5 Å². The molecule has 2 rings (SSSR count). The Morgan fingerprint density at radius 1 is 1.47 bits per heavy atom. The number of hydrogen-bond donors (Lipinski definition) is 2. The molecule has 2 aliphatic heterocycles. The summed E-state index contributed by atoms with van der Waals surface area (Å²) >= 11 is 0. The van der Waals surface area contributed by atoms with Gasteiger partial charge in [-0.3, -0.25) is 9.59 Å². The van der Waals surface area contributed by atoms with Gasteiger partial charge in [0, 0.05) is 39.7 Å². The molecular weight excluding hydrogens is 246 g/mol. The number of nitrogens with zero attached hydrogens (tertiary/aromatic N) is 1. The van der Waals surface area contributed by atoms with Crippen LogP contribution in [0.15, 0.2) is 0 Å². The zero-order valence-corrected chi connectivity index (χ0v) is 11.5. The number of likely N-dealkylation sites (N-methyl/N-ethyl adjacent to an activating group) is 1. The zero-order chi connectivity index (χ0) is 13.7. The highest BCUT2D eigenvalue weighted by Gasteiger charge is 2.31. The van der Waals surface area contributed by atoms with Crippen LogP contribution in [0.5, 0.6) is 0 Å². The van der Waals surface area contributed by atoms with Crippen LogP contribution in [-0.2, 0) is 14.3 Å². The van der Waals surface area contributed by atoms with E-state index >= 15 is 0 Å². The van der Waals surface area contributed by atoms with E-state index < -0.39 is 0 Å². The average molecular weight is 269 g/mol. The van der Waals surface area contributed by atoms with Gasteiger partial charge in [-0.2, -0.15) is 0 Å². The molecule has 0 aromatic heterocycles. The zero-order valence-electron chi connectivity index (χ0n) is 11.5. The van der Waals surface area contributed by atoms with E-state index in [0.717, 1.165) is 32.4 Å². The molecule has 2 N–H and O–H groups in total. The summed E-state index contributed by atoms with van der Waals surface area (Å²) < 4.78 is 5.52. The van der Waals surface area contributed by atoms with Crippen molar-refractivity contribution in [3.05, 3.63) is 0 Å². The van der Waals surface area contributed by atoms with Crippen LogP contribution in [-0.4, -0.2) is 62.1 Å². The molecule has 2 unspecified atom stereocenters. The van der Waals surface area contributed by atoms with Gasteiger partial charge in [0.15, 0.2) is 0 Å². The molecule has 6 heteroatoms. The SMILES string of the molecule is CNC(=O)C1CNCCN1C(=O)CCC1CCCO1. The van der Waals surface area contributed by atoms with Crippen LogP contribution < -0.4 is 10.6 Å². The lowest BCUT2D eigenvalue weighted by molar-refractivity contribution is -0.141. The number of nitrogens with one attached hydrogen (secondary N) is 2. The molecule has 2 atom stereocenters. The lowest BCUT2D eigenvalue weighted by atomic mass is 10.1. The Morgan fingerprint density at radius 3 is 3.00 bits per heavy atom. The third-order valence-electron chi connectivity index (χ3n) is 3.82. The lowest BCUT2D eigenvalue weighted by Crippen LogP contribution is -2.59. The third kappa shape index (κ3) is 3.67. The molecule has 0 spiro atoms. The van der Waals surface area contributed by atoms with Crippen molar-refractivity contribution in [1.29, 1.82) is 0 Å². The molecule has 0 aliphatic carbocycles. The van der Waals surface area contributed by atoms with Gasteiger partial charge in [0.2, 0.25) is 11.8 Å². The number of ether oxygens (including phenoxy) is 1. The van der Waals surface area contributed by atoms with Crippen molar-refractivity contribution in [3.63, 3.8) is 0 Å². The van der Waals surface area contributed by atoms with Crippen LogP contribution in [0.25, 0.3) is 0 Å². The smallest absolute Gasteiger partial charge is 0.243 e. The van der Waals surface area contributed by atoms with E-state index in [1.165, 1.54) is 0 Å². The van der Waals surface area contributed by atoms with Crippen LogP contribution in [0.3, 0.4) is 0 Å². The summed E-state index contributed by atoms with van der Waals surface area (Å²) in [6, 6.07) is -0.379. The predicted molar refractivity (Wildman–Crippen MR) is 70.6 cm³/mol. The average Bonchev–Trinajstić information content (AvgIpc) is 2.97. The normalized spacial score (nSPS) is 27.3. The van der Waals surface area contributed by atoms with Crippen molar-refractivity contribution >= 4 is 11.8 Å². The molecule has 2 aliphatic rings. The van der Waals surface area contributed by atoms with Crippen molar-refractivity contribution < 1.29 is 14.3 Å². The molecule has 6 nitrogen and oxygen atoms in total. The summed E-state index contributed by atoms with van der Waals surface area (Å²) in [6.07, 6.45) is 3.60. The van der Waals surface area contributed by atoms with Crippen LogP contribution in [0, 0.1) is 0 Å². The summed E-state index contributed by atoms with van der Waals surface area (Å²) in [6.45, 7) is 2.69. The third-order valence-corrected chi connectivity index (χ3v) is 3.82. The van der Waals surface area contributed by atoms with Gasteiger partial charge in [-0.05, 0) is 19.3 Å². The van der Waals surface area contributed by atoms with Crippen LogP contribution >= 0.6 is 0 Å². The second-order valence-corrected chi connectivity index (χ2v) is 5.10. The second-order valence-electron chi connectivity index (χ2n) is 5.10. The Labute approximate surface area is 113 Å². The van der Waals surface area contributed by atoms with E-state index in [1.54, 1.807) is 11.9 Å². The molecular formula is C13H23N3O3. The lowest BCUT2D eigenvalue weighted by Gasteiger charge is -2.35. The summed E-state index contributed by atoms with van der Waals surface area (Å²) in [4.78, 5) is 25.7. The minimum absolute atomic E-state index is 0.0607. The highest BCUT2D eigenvalue weighted by atomic mass is 16.5. The van der Waals surface area contributed by atoms with E-state index in [9.17, 15) is 9.59 Å². The van der Waals surface area contributed by atoms with E-state index in [1.807, 2.05) is 0 Å². The van der Waals surface area contributed by atoms with Crippen LogP contribution in [0.4, 0.5) is 0 Å². The molecule has 0 aromatic carbocycles. The standard InChI is InChI=1S/C13H23N3O3/c1-14-13(18)11-9-15-6-7-16(11)12(17)5-4-10-3-2-8-19-10/h10-11,15H,2-9H2,1H3,(H,14,18). The Balaban J connectivity index is 1.85. The van der Waals surface area contributed by atoms with Gasteiger partial charge in [-0.15, -0.1) is 0 Å². The van der Waals surface area contributed by atoms with Crippen molar-refractivity contribution in [2.75, 3.05) is 33.3 Å². The maximum Gasteiger partial charge on any atom is 0.243 e. The number of carbonyl (C=O) groups is 2. The molecule has 2 saturated heterocycles. The first-order chi connectivity index (χ1) is 9.22. The molecule has 0 radical (unpaired) electrons. The number of amides is 2. The van der Waals surface area contributed by atoms with E-state index in [-0.39, 0.29) is 24.0 Å². The van der Waals surface area contributed by atoms with E-state index in [4.69, 9.17) is 4.74 Å². The van der Waals surface area contributed by atoms with Gasteiger partial charge in [0.25, 0.3) is 0 Å². The highest BCUT2D eigenvalue weighted by molar-refractivity contribution is 5.88. The minimum atomic E-state index is -0.379. The first-order valence-corrected chi connectivity index (χ1v) is 7.05. The Hall–Kier alpha value is -1.14.